The van der Waals surface area contributed by atoms with Gasteiger partial charge in [0.25, 0.3) is 0 Å². The molecule has 2 aromatic rings. The topological polar surface area (TPSA) is 74.2 Å². The van der Waals surface area contributed by atoms with Gasteiger partial charge in [0, 0.05) is 16.2 Å². The highest BCUT2D eigenvalue weighted by Crippen LogP contribution is 2.19. The SMILES string of the molecule is CCOC(=O)/C(C#N)=C(\Nc1ccc(Br)cc1)N[C@H](C)c1ccccc1. The molecule has 0 radical (unpaired) electrons. The monoisotopic (exact) mass is 413 g/mol. The zero-order valence-electron chi connectivity index (χ0n) is 14.6. The fourth-order valence-electron chi connectivity index (χ4n) is 2.30. The molecule has 1 atom stereocenters. The van der Waals surface area contributed by atoms with Crippen molar-refractivity contribution in [2.75, 3.05) is 11.9 Å². The molecule has 0 fully saturated rings. The van der Waals surface area contributed by atoms with Crippen LogP contribution in [0.4, 0.5) is 5.69 Å². The van der Waals surface area contributed by atoms with Gasteiger partial charge in [0.05, 0.1) is 6.61 Å². The summed E-state index contributed by atoms with van der Waals surface area (Å²) < 4.78 is 5.95. The van der Waals surface area contributed by atoms with E-state index in [0.29, 0.717) is 5.82 Å². The second kappa shape index (κ2) is 9.64. The number of halogens is 1. The Morgan fingerprint density at radius 2 is 1.85 bits per heavy atom. The number of anilines is 1. The van der Waals surface area contributed by atoms with Gasteiger partial charge in [0.15, 0.2) is 5.57 Å². The Hall–Kier alpha value is -2.78. The number of esters is 1. The van der Waals surface area contributed by atoms with Gasteiger partial charge in [0.1, 0.15) is 11.9 Å². The molecule has 0 amide bonds. The molecule has 0 saturated heterocycles. The van der Waals surface area contributed by atoms with E-state index in [1.807, 2.05) is 67.6 Å². The number of rotatable bonds is 7. The third kappa shape index (κ3) is 5.36. The molecule has 0 aliphatic carbocycles. The van der Waals surface area contributed by atoms with Crippen molar-refractivity contribution >= 4 is 27.6 Å². The molecular weight excluding hydrogens is 394 g/mol. The van der Waals surface area contributed by atoms with Crippen LogP contribution in [0.5, 0.6) is 0 Å². The third-order valence-electron chi connectivity index (χ3n) is 3.62. The van der Waals surface area contributed by atoms with E-state index in [1.54, 1.807) is 6.92 Å². The van der Waals surface area contributed by atoms with E-state index in [0.717, 1.165) is 15.7 Å². The van der Waals surface area contributed by atoms with Gasteiger partial charge in [-0.05, 0) is 43.7 Å². The number of hydrogen-bond donors (Lipinski definition) is 2. The molecule has 134 valence electrons. The van der Waals surface area contributed by atoms with Crippen molar-refractivity contribution in [2.24, 2.45) is 0 Å². The molecule has 2 aromatic carbocycles. The molecule has 2 N–H and O–H groups in total. The quantitative estimate of drug-likeness (QED) is 0.396. The van der Waals surface area contributed by atoms with Gasteiger partial charge in [-0.1, -0.05) is 46.3 Å². The number of nitrogens with zero attached hydrogens (tertiary/aromatic N) is 1. The first-order valence-corrected chi connectivity index (χ1v) is 9.00. The summed E-state index contributed by atoms with van der Waals surface area (Å²) in [6, 6.07) is 19.0. The standard InChI is InChI=1S/C20H20BrN3O2/c1-3-26-20(25)18(13-22)19(24-17-11-9-16(21)10-12-17)23-14(2)15-7-5-4-6-8-15/h4-12,14,23-24H,3H2,1-2H3/b19-18-/t14-/m1/s1. The Labute approximate surface area is 161 Å². The Bertz CT molecular complexity index is 811. The first-order chi connectivity index (χ1) is 12.5. The van der Waals surface area contributed by atoms with Crippen LogP contribution in [0.15, 0.2) is 70.5 Å². The van der Waals surface area contributed by atoms with E-state index in [2.05, 4.69) is 26.6 Å². The molecule has 26 heavy (non-hydrogen) atoms. The summed E-state index contributed by atoms with van der Waals surface area (Å²) in [5, 5.41) is 15.8. The fourth-order valence-corrected chi connectivity index (χ4v) is 2.56. The van der Waals surface area contributed by atoms with Crippen LogP contribution in [0.1, 0.15) is 25.5 Å². The largest absolute Gasteiger partial charge is 0.462 e. The minimum Gasteiger partial charge on any atom is -0.462 e. The van der Waals surface area contributed by atoms with Gasteiger partial charge in [-0.15, -0.1) is 0 Å². The molecule has 0 heterocycles. The molecule has 0 aromatic heterocycles. The summed E-state index contributed by atoms with van der Waals surface area (Å²) in [6.07, 6.45) is 0. The number of nitriles is 1. The van der Waals surface area contributed by atoms with Gasteiger partial charge in [-0.3, -0.25) is 0 Å². The number of benzene rings is 2. The lowest BCUT2D eigenvalue weighted by Crippen LogP contribution is -2.27. The number of ether oxygens (including phenoxy) is 1. The van der Waals surface area contributed by atoms with Gasteiger partial charge in [0.2, 0.25) is 0 Å². The third-order valence-corrected chi connectivity index (χ3v) is 4.14. The molecule has 5 nitrogen and oxygen atoms in total. The molecule has 0 saturated carbocycles. The highest BCUT2D eigenvalue weighted by molar-refractivity contribution is 9.10. The molecule has 6 heteroatoms. The average Bonchev–Trinajstić information content (AvgIpc) is 2.65. The van der Waals surface area contributed by atoms with Crippen LogP contribution in [-0.4, -0.2) is 12.6 Å². The second-order valence-electron chi connectivity index (χ2n) is 5.49. The van der Waals surface area contributed by atoms with E-state index in [-0.39, 0.29) is 18.2 Å². The van der Waals surface area contributed by atoms with Crippen LogP contribution in [0.25, 0.3) is 0 Å². The summed E-state index contributed by atoms with van der Waals surface area (Å²) in [7, 11) is 0. The van der Waals surface area contributed by atoms with E-state index < -0.39 is 5.97 Å². The van der Waals surface area contributed by atoms with Crippen LogP contribution in [0, 0.1) is 11.3 Å². The smallest absolute Gasteiger partial charge is 0.352 e. The van der Waals surface area contributed by atoms with Crippen molar-refractivity contribution in [2.45, 2.75) is 19.9 Å². The fraction of sp³-hybridized carbons (Fsp3) is 0.200. The van der Waals surface area contributed by atoms with E-state index in [9.17, 15) is 10.1 Å². The molecule has 0 bridgehead atoms. The zero-order chi connectivity index (χ0) is 18.9. The maximum atomic E-state index is 12.2. The lowest BCUT2D eigenvalue weighted by molar-refractivity contribution is -0.138. The predicted molar refractivity (Wildman–Crippen MR) is 105 cm³/mol. The summed E-state index contributed by atoms with van der Waals surface area (Å²) in [5.41, 5.74) is 1.68. The van der Waals surface area contributed by atoms with Crippen molar-refractivity contribution in [1.29, 1.82) is 5.26 Å². The van der Waals surface area contributed by atoms with E-state index in [1.165, 1.54) is 0 Å². The average molecular weight is 414 g/mol. The number of hydrogen-bond acceptors (Lipinski definition) is 5. The molecule has 0 unspecified atom stereocenters. The van der Waals surface area contributed by atoms with E-state index in [4.69, 9.17) is 4.74 Å². The maximum absolute atomic E-state index is 12.2. The number of carbonyl (C=O) groups excluding carboxylic acids is 1. The van der Waals surface area contributed by atoms with Crippen molar-refractivity contribution < 1.29 is 9.53 Å². The summed E-state index contributed by atoms with van der Waals surface area (Å²) in [6.45, 7) is 3.86. The number of nitrogens with one attached hydrogen (secondary N) is 2. The van der Waals surface area contributed by atoms with Crippen molar-refractivity contribution in [3.05, 3.63) is 76.0 Å². The number of carbonyl (C=O) groups is 1. The molecule has 0 aliphatic rings. The summed E-state index contributed by atoms with van der Waals surface area (Å²) >= 11 is 3.39. The van der Waals surface area contributed by atoms with Crippen molar-refractivity contribution in [1.82, 2.24) is 5.32 Å². The van der Waals surface area contributed by atoms with Crippen LogP contribution in [-0.2, 0) is 9.53 Å². The predicted octanol–water partition coefficient (Wildman–Crippen LogP) is 4.51. The summed E-state index contributed by atoms with van der Waals surface area (Å²) in [5.74, 6) is -0.355. The first kappa shape index (κ1) is 19.5. The van der Waals surface area contributed by atoms with Crippen LogP contribution in [0.3, 0.4) is 0 Å². The van der Waals surface area contributed by atoms with Crippen LogP contribution in [0.2, 0.25) is 0 Å². The Kier molecular flexibility index (Phi) is 7.24. The van der Waals surface area contributed by atoms with Gasteiger partial charge in [-0.2, -0.15) is 5.26 Å². The Balaban J connectivity index is 2.35. The van der Waals surface area contributed by atoms with Gasteiger partial charge >= 0.3 is 5.97 Å². The van der Waals surface area contributed by atoms with Crippen molar-refractivity contribution in [3.63, 3.8) is 0 Å². The van der Waals surface area contributed by atoms with Gasteiger partial charge < -0.3 is 15.4 Å². The highest BCUT2D eigenvalue weighted by atomic mass is 79.9. The maximum Gasteiger partial charge on any atom is 0.352 e. The Morgan fingerprint density at radius 3 is 2.42 bits per heavy atom. The molecule has 0 spiro atoms. The lowest BCUT2D eigenvalue weighted by atomic mass is 10.1. The van der Waals surface area contributed by atoms with E-state index >= 15 is 0 Å². The zero-order valence-corrected chi connectivity index (χ0v) is 16.2. The molecule has 0 aliphatic heterocycles. The Morgan fingerprint density at radius 1 is 1.19 bits per heavy atom. The van der Waals surface area contributed by atoms with Crippen LogP contribution >= 0.6 is 15.9 Å². The van der Waals surface area contributed by atoms with Crippen LogP contribution < -0.4 is 10.6 Å². The highest BCUT2D eigenvalue weighted by Gasteiger charge is 2.19. The van der Waals surface area contributed by atoms with Crippen molar-refractivity contribution in [3.8, 4) is 6.07 Å². The van der Waals surface area contributed by atoms with Gasteiger partial charge in [-0.25, -0.2) is 4.79 Å². The second-order valence-corrected chi connectivity index (χ2v) is 6.41. The molecular formula is C20H20BrN3O2. The first-order valence-electron chi connectivity index (χ1n) is 8.20. The normalized spacial score (nSPS) is 12.4. The lowest BCUT2D eigenvalue weighted by Gasteiger charge is -2.21. The minimum absolute atomic E-state index is 0.0995. The summed E-state index contributed by atoms with van der Waals surface area (Å²) in [4.78, 5) is 12.2. The molecule has 2 rings (SSSR count). The minimum atomic E-state index is -0.664.